The first-order chi connectivity index (χ1) is 17.4. The number of nitrogens with one attached hydrogen (secondary N) is 1. The van der Waals surface area contributed by atoms with Crippen molar-refractivity contribution in [1.82, 2.24) is 25.2 Å². The van der Waals surface area contributed by atoms with Gasteiger partial charge in [-0.2, -0.15) is 0 Å². The number of ether oxygens (including phenoxy) is 1. The van der Waals surface area contributed by atoms with Crippen molar-refractivity contribution in [2.24, 2.45) is 0 Å². The van der Waals surface area contributed by atoms with Crippen LogP contribution in [-0.2, 0) is 16.1 Å². The minimum atomic E-state index is -0.711. The van der Waals surface area contributed by atoms with E-state index in [1.54, 1.807) is 39.9 Å². The topological polar surface area (TPSA) is 110 Å². The highest BCUT2D eigenvalue weighted by molar-refractivity contribution is 6.10. The van der Waals surface area contributed by atoms with E-state index in [2.05, 4.69) is 15.6 Å². The van der Waals surface area contributed by atoms with Crippen LogP contribution in [0.3, 0.4) is 0 Å². The van der Waals surface area contributed by atoms with Crippen molar-refractivity contribution in [3.05, 3.63) is 66.0 Å². The Morgan fingerprint density at radius 1 is 1.17 bits per heavy atom. The molecule has 2 aromatic carbocycles. The molecule has 10 nitrogen and oxygen atoms in total. The third-order valence-electron chi connectivity index (χ3n) is 6.86. The second-order valence-electron chi connectivity index (χ2n) is 9.16. The van der Waals surface area contributed by atoms with Crippen LogP contribution in [0.4, 0.5) is 5.69 Å². The van der Waals surface area contributed by atoms with Crippen LogP contribution < -0.4 is 15.0 Å². The van der Waals surface area contributed by atoms with E-state index < -0.39 is 5.66 Å². The van der Waals surface area contributed by atoms with E-state index in [0.717, 1.165) is 5.69 Å². The molecular weight excluding hydrogens is 460 g/mol. The minimum Gasteiger partial charge on any atom is -0.497 e. The number of hydrogen-bond acceptors (Lipinski definition) is 6. The van der Waals surface area contributed by atoms with Crippen molar-refractivity contribution >= 4 is 23.4 Å². The van der Waals surface area contributed by atoms with Gasteiger partial charge in [0, 0.05) is 25.5 Å². The molecule has 0 bridgehead atoms. The molecule has 5 rings (SSSR count). The Morgan fingerprint density at radius 2 is 2.00 bits per heavy atom. The first-order valence-corrected chi connectivity index (χ1v) is 12.0. The number of rotatable bonds is 8. The van der Waals surface area contributed by atoms with Crippen molar-refractivity contribution in [1.29, 1.82) is 0 Å². The van der Waals surface area contributed by atoms with Gasteiger partial charge in [-0.25, -0.2) is 4.68 Å². The third kappa shape index (κ3) is 4.19. The number of anilines is 1. The lowest BCUT2D eigenvalue weighted by atomic mass is 9.98. The number of carbonyl (C=O) groups is 3. The molecule has 1 unspecified atom stereocenters. The largest absolute Gasteiger partial charge is 0.497 e. The summed E-state index contributed by atoms with van der Waals surface area (Å²) < 4.78 is 6.86. The summed E-state index contributed by atoms with van der Waals surface area (Å²) in [5, 5.41) is 11.1. The highest BCUT2D eigenvalue weighted by Crippen LogP contribution is 2.44. The number of benzene rings is 2. The Hall–Kier alpha value is -4.21. The fourth-order valence-corrected chi connectivity index (χ4v) is 4.98. The first kappa shape index (κ1) is 23.5. The molecule has 0 radical (unpaired) electrons. The first-order valence-electron chi connectivity index (χ1n) is 12.0. The van der Waals surface area contributed by atoms with Gasteiger partial charge < -0.3 is 15.0 Å². The second kappa shape index (κ2) is 9.44. The maximum atomic E-state index is 13.3. The number of para-hydroxylation sites is 1. The lowest BCUT2D eigenvalue weighted by molar-refractivity contribution is -0.121. The van der Waals surface area contributed by atoms with Gasteiger partial charge >= 0.3 is 0 Å². The normalized spacial score (nSPS) is 18.7. The van der Waals surface area contributed by atoms with Crippen LogP contribution in [-0.4, -0.2) is 56.9 Å². The van der Waals surface area contributed by atoms with E-state index in [9.17, 15) is 14.4 Å². The van der Waals surface area contributed by atoms with Crippen LogP contribution in [0, 0.1) is 0 Å². The van der Waals surface area contributed by atoms with E-state index in [-0.39, 0.29) is 30.7 Å². The summed E-state index contributed by atoms with van der Waals surface area (Å²) in [4.78, 5) is 41.9. The van der Waals surface area contributed by atoms with Crippen LogP contribution in [0.5, 0.6) is 5.75 Å². The molecule has 1 fully saturated rings. The molecule has 3 amide bonds. The predicted octanol–water partition coefficient (Wildman–Crippen LogP) is 2.67. The summed E-state index contributed by atoms with van der Waals surface area (Å²) in [6.45, 7) is 2.56. The van der Waals surface area contributed by atoms with Crippen LogP contribution in [0.1, 0.15) is 48.7 Å². The molecule has 2 aliphatic rings. The second-order valence-corrected chi connectivity index (χ2v) is 9.16. The van der Waals surface area contributed by atoms with E-state index in [4.69, 9.17) is 4.74 Å². The monoisotopic (exact) mass is 488 g/mol. The molecule has 186 valence electrons. The van der Waals surface area contributed by atoms with Crippen LogP contribution in [0.15, 0.2) is 54.7 Å². The van der Waals surface area contributed by atoms with Crippen molar-refractivity contribution in [2.45, 2.75) is 44.8 Å². The predicted molar refractivity (Wildman–Crippen MR) is 132 cm³/mol. The fourth-order valence-electron chi connectivity index (χ4n) is 4.98. The average Bonchev–Trinajstić information content (AvgIpc) is 3.49. The summed E-state index contributed by atoms with van der Waals surface area (Å²) in [6.07, 6.45) is 3.45. The highest BCUT2D eigenvalue weighted by atomic mass is 16.5. The zero-order valence-electron chi connectivity index (χ0n) is 20.3. The van der Waals surface area contributed by atoms with Crippen molar-refractivity contribution in [3.63, 3.8) is 0 Å². The molecule has 3 heterocycles. The number of fused-ring (bicyclic) bond motifs is 3. The molecule has 1 aromatic heterocycles. The minimum absolute atomic E-state index is 0.0159. The van der Waals surface area contributed by atoms with Gasteiger partial charge in [0.1, 0.15) is 17.1 Å². The number of amides is 3. The lowest BCUT2D eigenvalue weighted by Crippen LogP contribution is -2.62. The van der Waals surface area contributed by atoms with Crippen molar-refractivity contribution in [3.8, 4) is 11.4 Å². The molecule has 1 N–H and O–H groups in total. The van der Waals surface area contributed by atoms with Crippen molar-refractivity contribution < 1.29 is 19.1 Å². The van der Waals surface area contributed by atoms with Gasteiger partial charge in [0.25, 0.3) is 5.91 Å². The average molecular weight is 489 g/mol. The summed E-state index contributed by atoms with van der Waals surface area (Å²) >= 11 is 0. The van der Waals surface area contributed by atoms with Gasteiger partial charge in [0.05, 0.1) is 36.8 Å². The molecule has 0 spiro atoms. The Kier molecular flexibility index (Phi) is 6.17. The maximum Gasteiger partial charge on any atom is 0.257 e. The Labute approximate surface area is 208 Å². The number of nitrogens with zero attached hydrogens (tertiary/aromatic N) is 5. The van der Waals surface area contributed by atoms with Crippen LogP contribution >= 0.6 is 0 Å². The lowest BCUT2D eigenvalue weighted by Gasteiger charge is -2.48. The van der Waals surface area contributed by atoms with Gasteiger partial charge in [-0.3, -0.25) is 19.3 Å². The summed E-state index contributed by atoms with van der Waals surface area (Å²) in [5.41, 5.74) is 1.91. The van der Waals surface area contributed by atoms with Gasteiger partial charge in [-0.1, -0.05) is 23.4 Å². The number of carbonyl (C=O) groups excluding carboxylic acids is 3. The van der Waals surface area contributed by atoms with Gasteiger partial charge in [-0.15, -0.1) is 5.10 Å². The van der Waals surface area contributed by atoms with E-state index in [0.29, 0.717) is 48.5 Å². The molecule has 3 aromatic rings. The summed E-state index contributed by atoms with van der Waals surface area (Å²) in [7, 11) is 1.60. The Balaban J connectivity index is 1.17. The molecule has 1 atom stereocenters. The van der Waals surface area contributed by atoms with E-state index >= 15 is 0 Å². The Bertz CT molecular complexity index is 1320. The third-order valence-corrected chi connectivity index (χ3v) is 6.86. The molecule has 1 saturated heterocycles. The zero-order chi connectivity index (χ0) is 25.3. The molecule has 0 aliphatic carbocycles. The fraction of sp³-hybridized carbons (Fsp3) is 0.346. The quantitative estimate of drug-likeness (QED) is 0.522. The molecule has 0 saturated carbocycles. The number of hydrogen-bond donors (Lipinski definition) is 1. The van der Waals surface area contributed by atoms with E-state index in [1.807, 2.05) is 43.3 Å². The van der Waals surface area contributed by atoms with Crippen LogP contribution in [0.2, 0.25) is 0 Å². The van der Waals surface area contributed by atoms with Gasteiger partial charge in [0.15, 0.2) is 0 Å². The molecular formula is C26H28N6O4. The smallest absolute Gasteiger partial charge is 0.257 e. The van der Waals surface area contributed by atoms with Crippen LogP contribution in [0.25, 0.3) is 5.69 Å². The van der Waals surface area contributed by atoms with Gasteiger partial charge in [0.2, 0.25) is 11.8 Å². The maximum absolute atomic E-state index is 13.3. The zero-order valence-corrected chi connectivity index (χ0v) is 20.3. The standard InChI is InChI=1S/C26H28N6O4/c1-26-13-12-24(34)32(26)22-10-4-3-9-21(22)25(35)30(26)14-6-11-23(33)27-16-18-17-31(29-28-18)19-7-5-8-20(15-19)36-2/h3-5,7-10,15,17H,6,11-14,16H2,1-2H3,(H,27,33). The molecule has 10 heteroatoms. The van der Waals surface area contributed by atoms with E-state index in [1.165, 1.54) is 0 Å². The highest BCUT2D eigenvalue weighted by Gasteiger charge is 2.52. The number of methoxy groups -OCH3 is 1. The molecule has 2 aliphatic heterocycles. The van der Waals surface area contributed by atoms with Crippen molar-refractivity contribution in [2.75, 3.05) is 18.6 Å². The van der Waals surface area contributed by atoms with Gasteiger partial charge in [-0.05, 0) is 44.0 Å². The summed E-state index contributed by atoms with van der Waals surface area (Å²) in [6, 6.07) is 14.7. The number of aromatic nitrogens is 3. The summed E-state index contributed by atoms with van der Waals surface area (Å²) in [5.74, 6) is 0.489. The Morgan fingerprint density at radius 3 is 2.83 bits per heavy atom. The molecule has 36 heavy (non-hydrogen) atoms. The SMILES string of the molecule is COc1cccc(-n2cc(CNC(=O)CCCN3C(=O)c4ccccc4N4C(=O)CCC34C)nn2)c1.